The van der Waals surface area contributed by atoms with E-state index in [9.17, 15) is 9.59 Å². The normalized spacial score (nSPS) is 20.0. The Hall–Kier alpha value is -2.73. The number of carbonyl (C=O) groups is 2. The van der Waals surface area contributed by atoms with E-state index in [1.165, 1.54) is 0 Å². The van der Waals surface area contributed by atoms with Crippen molar-refractivity contribution in [3.8, 4) is 5.75 Å². The van der Waals surface area contributed by atoms with Crippen molar-refractivity contribution < 1.29 is 14.3 Å². The number of hydrogen-bond acceptors (Lipinski definition) is 5. The van der Waals surface area contributed by atoms with Gasteiger partial charge in [-0.1, -0.05) is 32.0 Å². The van der Waals surface area contributed by atoms with Gasteiger partial charge in [0.1, 0.15) is 23.5 Å². The number of ether oxygens (including phenoxy) is 1. The van der Waals surface area contributed by atoms with Crippen LogP contribution < -0.4 is 9.64 Å². The van der Waals surface area contributed by atoms with Crippen molar-refractivity contribution >= 4 is 17.5 Å². The van der Waals surface area contributed by atoms with E-state index in [1.807, 2.05) is 56.3 Å². The molecule has 1 fully saturated rings. The Kier molecular flexibility index (Phi) is 6.09. The molecule has 2 atom stereocenters. The van der Waals surface area contributed by atoms with Crippen LogP contribution in [-0.4, -0.2) is 41.3 Å². The maximum atomic E-state index is 13.4. The van der Waals surface area contributed by atoms with E-state index >= 15 is 0 Å². The minimum absolute atomic E-state index is 0.0121. The molecule has 6 nitrogen and oxygen atoms in total. The van der Waals surface area contributed by atoms with Crippen LogP contribution in [0, 0.1) is 5.92 Å². The number of Topliss-reactive ketones (excluding diaryl/α,β-unsaturated/α-hetero) is 1. The van der Waals surface area contributed by atoms with E-state index in [-0.39, 0.29) is 29.8 Å². The molecule has 1 aromatic heterocycles. The molecule has 0 spiro atoms. The SMILES string of the molecule is COc1ccc([C@@H]2N(c3ccccn3)C(=O)[C@H](C(C)C)N2CCC(C)=O)cc1. The third-order valence-corrected chi connectivity index (χ3v) is 5.07. The first-order valence-corrected chi connectivity index (χ1v) is 9.57. The molecule has 2 aromatic rings. The number of rotatable bonds is 7. The largest absolute Gasteiger partial charge is 0.497 e. The first-order chi connectivity index (χ1) is 13.4. The molecule has 1 aromatic carbocycles. The molecule has 0 unspecified atom stereocenters. The number of anilines is 1. The van der Waals surface area contributed by atoms with Crippen LogP contribution in [-0.2, 0) is 9.59 Å². The van der Waals surface area contributed by atoms with Crippen molar-refractivity contribution in [2.24, 2.45) is 5.92 Å². The Bertz CT molecular complexity index is 821. The van der Waals surface area contributed by atoms with Crippen LogP contribution in [0.1, 0.15) is 38.9 Å². The van der Waals surface area contributed by atoms with E-state index in [1.54, 1.807) is 25.1 Å². The first kappa shape index (κ1) is 20.0. The maximum absolute atomic E-state index is 13.4. The molecule has 0 aliphatic carbocycles. The average Bonchev–Trinajstić information content (AvgIpc) is 2.99. The van der Waals surface area contributed by atoms with Gasteiger partial charge in [0.2, 0.25) is 5.91 Å². The summed E-state index contributed by atoms with van der Waals surface area (Å²) in [5, 5.41) is 0. The molecule has 1 aliphatic rings. The van der Waals surface area contributed by atoms with Crippen molar-refractivity contribution in [3.05, 3.63) is 54.2 Å². The summed E-state index contributed by atoms with van der Waals surface area (Å²) in [6.07, 6.45) is 1.77. The third kappa shape index (κ3) is 3.92. The molecule has 148 valence electrons. The first-order valence-electron chi connectivity index (χ1n) is 9.57. The second kappa shape index (κ2) is 8.52. The molecule has 1 aliphatic heterocycles. The maximum Gasteiger partial charge on any atom is 0.247 e. The number of aromatic nitrogens is 1. The summed E-state index contributed by atoms with van der Waals surface area (Å²) in [5.74, 6) is 1.60. The molecule has 0 N–H and O–H groups in total. The number of carbonyl (C=O) groups excluding carboxylic acids is 2. The highest BCUT2D eigenvalue weighted by molar-refractivity contribution is 5.99. The molecule has 2 heterocycles. The molecule has 6 heteroatoms. The van der Waals surface area contributed by atoms with Crippen molar-refractivity contribution in [2.45, 2.75) is 39.4 Å². The van der Waals surface area contributed by atoms with Gasteiger partial charge in [-0.15, -0.1) is 0 Å². The van der Waals surface area contributed by atoms with Gasteiger partial charge in [0.15, 0.2) is 0 Å². The Labute approximate surface area is 166 Å². The topological polar surface area (TPSA) is 62.7 Å². The zero-order valence-electron chi connectivity index (χ0n) is 16.8. The lowest BCUT2D eigenvalue weighted by Crippen LogP contribution is -2.39. The van der Waals surface area contributed by atoms with Gasteiger partial charge in [0, 0.05) is 19.2 Å². The van der Waals surface area contributed by atoms with E-state index in [4.69, 9.17) is 4.74 Å². The highest BCUT2D eigenvalue weighted by Gasteiger charge is 2.48. The average molecular weight is 381 g/mol. The van der Waals surface area contributed by atoms with Crippen molar-refractivity contribution in [1.29, 1.82) is 0 Å². The Morgan fingerprint density at radius 2 is 1.89 bits per heavy atom. The zero-order valence-corrected chi connectivity index (χ0v) is 16.8. The Morgan fingerprint density at radius 1 is 1.18 bits per heavy atom. The quantitative estimate of drug-likeness (QED) is 0.735. The minimum atomic E-state index is -0.319. The number of methoxy groups -OCH3 is 1. The number of hydrogen-bond donors (Lipinski definition) is 0. The van der Waals surface area contributed by atoms with Gasteiger partial charge in [0.05, 0.1) is 13.2 Å². The molecule has 1 saturated heterocycles. The van der Waals surface area contributed by atoms with Crippen LogP contribution in [0.25, 0.3) is 0 Å². The monoisotopic (exact) mass is 381 g/mol. The van der Waals surface area contributed by atoms with Crippen molar-refractivity contribution in [3.63, 3.8) is 0 Å². The van der Waals surface area contributed by atoms with Crippen LogP contribution in [0.15, 0.2) is 48.7 Å². The molecule has 0 saturated carbocycles. The molecule has 3 rings (SSSR count). The zero-order chi connectivity index (χ0) is 20.3. The molecule has 1 amide bonds. The lowest BCUT2D eigenvalue weighted by molar-refractivity contribution is -0.122. The summed E-state index contributed by atoms with van der Waals surface area (Å²) in [4.78, 5) is 33.4. The highest BCUT2D eigenvalue weighted by Crippen LogP contribution is 2.40. The van der Waals surface area contributed by atoms with Crippen molar-refractivity contribution in [1.82, 2.24) is 9.88 Å². The molecule has 28 heavy (non-hydrogen) atoms. The van der Waals surface area contributed by atoms with Crippen LogP contribution in [0.2, 0.25) is 0 Å². The predicted molar refractivity (Wildman–Crippen MR) is 108 cm³/mol. The smallest absolute Gasteiger partial charge is 0.247 e. The van der Waals surface area contributed by atoms with Crippen LogP contribution >= 0.6 is 0 Å². The number of benzene rings is 1. The van der Waals surface area contributed by atoms with Gasteiger partial charge >= 0.3 is 0 Å². The summed E-state index contributed by atoms with van der Waals surface area (Å²) < 4.78 is 5.28. The predicted octanol–water partition coefficient (Wildman–Crippen LogP) is 3.44. The van der Waals surface area contributed by atoms with Crippen molar-refractivity contribution in [2.75, 3.05) is 18.6 Å². The fourth-order valence-corrected chi connectivity index (χ4v) is 3.77. The second-order valence-corrected chi connectivity index (χ2v) is 7.42. The van der Waals surface area contributed by atoms with Crippen LogP contribution in [0.5, 0.6) is 5.75 Å². The number of pyridine rings is 1. The molecular formula is C22H27N3O3. The minimum Gasteiger partial charge on any atom is -0.497 e. The standard InChI is InChI=1S/C22H27N3O3/c1-15(2)20-22(27)25(19-7-5-6-13-23-19)21(24(20)14-12-16(3)26)17-8-10-18(28-4)11-9-17/h5-11,13,15,20-21H,12,14H2,1-4H3/t20-,21-/m0/s1. The fourth-order valence-electron chi connectivity index (χ4n) is 3.77. The van der Waals surface area contributed by atoms with Gasteiger partial charge in [-0.3, -0.25) is 19.4 Å². The molecule has 0 radical (unpaired) electrons. The molecular weight excluding hydrogens is 354 g/mol. The lowest BCUT2D eigenvalue weighted by atomic mass is 10.0. The van der Waals surface area contributed by atoms with Gasteiger partial charge < -0.3 is 4.74 Å². The Balaban J connectivity index is 2.09. The lowest BCUT2D eigenvalue weighted by Gasteiger charge is -2.32. The fraction of sp³-hybridized carbons (Fsp3) is 0.409. The van der Waals surface area contributed by atoms with Crippen LogP contribution in [0.3, 0.4) is 0 Å². The number of amides is 1. The van der Waals surface area contributed by atoms with Gasteiger partial charge in [0.25, 0.3) is 0 Å². The number of ketones is 1. The van der Waals surface area contributed by atoms with E-state index in [0.717, 1.165) is 11.3 Å². The second-order valence-electron chi connectivity index (χ2n) is 7.42. The third-order valence-electron chi connectivity index (χ3n) is 5.07. The number of nitrogens with zero attached hydrogens (tertiary/aromatic N) is 3. The van der Waals surface area contributed by atoms with E-state index < -0.39 is 0 Å². The summed E-state index contributed by atoms with van der Waals surface area (Å²) >= 11 is 0. The summed E-state index contributed by atoms with van der Waals surface area (Å²) in [6, 6.07) is 13.0. The molecule has 0 bridgehead atoms. The van der Waals surface area contributed by atoms with Crippen LogP contribution in [0.4, 0.5) is 5.82 Å². The van der Waals surface area contributed by atoms with Gasteiger partial charge in [-0.25, -0.2) is 4.98 Å². The highest BCUT2D eigenvalue weighted by atomic mass is 16.5. The van der Waals surface area contributed by atoms with Gasteiger partial charge in [-0.2, -0.15) is 0 Å². The Morgan fingerprint density at radius 3 is 2.43 bits per heavy atom. The summed E-state index contributed by atoms with van der Waals surface area (Å²) in [6.45, 7) is 6.18. The summed E-state index contributed by atoms with van der Waals surface area (Å²) in [7, 11) is 1.63. The van der Waals surface area contributed by atoms with Gasteiger partial charge in [-0.05, 0) is 42.7 Å². The summed E-state index contributed by atoms with van der Waals surface area (Å²) in [5.41, 5.74) is 0.964. The van der Waals surface area contributed by atoms with E-state index in [0.29, 0.717) is 18.8 Å². The van der Waals surface area contributed by atoms with E-state index in [2.05, 4.69) is 9.88 Å².